The maximum absolute atomic E-state index is 14.8. The van der Waals surface area contributed by atoms with Crippen molar-refractivity contribution in [2.75, 3.05) is 5.32 Å². The van der Waals surface area contributed by atoms with Crippen molar-refractivity contribution in [3.05, 3.63) is 77.4 Å². The Labute approximate surface area is 169 Å². The normalized spacial score (nSPS) is 12.0. The van der Waals surface area contributed by atoms with Crippen LogP contribution in [0.25, 0.3) is 5.69 Å². The van der Waals surface area contributed by atoms with Gasteiger partial charge in [-0.1, -0.05) is 30.3 Å². The molecule has 1 aromatic heterocycles. The zero-order chi connectivity index (χ0) is 23.0. The summed E-state index contributed by atoms with van der Waals surface area (Å²) in [5.74, 6) is -5.87. The third-order valence-corrected chi connectivity index (χ3v) is 4.04. The number of nitrogens with one attached hydrogen (secondary N) is 1. The molecule has 31 heavy (non-hydrogen) atoms. The molecule has 0 saturated carbocycles. The zero-order valence-electron chi connectivity index (χ0n) is 15.1. The standard InChI is InChI=1S/C19H10F7N3O2/c20-13-9-11(18(21,22)23)8-12(15(30)10-4-2-1-3-5-10)14(13)29-7-6-27-17(29)28-16(31)19(24,25)26/h1-9H,(H,27,28,31). The van der Waals surface area contributed by atoms with Crippen molar-refractivity contribution < 1.29 is 40.3 Å². The van der Waals surface area contributed by atoms with Gasteiger partial charge in [-0.25, -0.2) is 9.37 Å². The van der Waals surface area contributed by atoms with E-state index in [9.17, 15) is 40.3 Å². The van der Waals surface area contributed by atoms with Gasteiger partial charge in [0, 0.05) is 18.0 Å². The van der Waals surface area contributed by atoms with Gasteiger partial charge in [0.15, 0.2) is 5.78 Å². The van der Waals surface area contributed by atoms with Crippen LogP contribution in [-0.4, -0.2) is 27.4 Å². The summed E-state index contributed by atoms with van der Waals surface area (Å²) in [6.07, 6.45) is -8.55. The van der Waals surface area contributed by atoms with Crippen LogP contribution in [-0.2, 0) is 11.0 Å². The summed E-state index contributed by atoms with van der Waals surface area (Å²) >= 11 is 0. The molecule has 162 valence electrons. The molecule has 0 unspecified atom stereocenters. The molecule has 0 fully saturated rings. The van der Waals surface area contributed by atoms with Gasteiger partial charge in [0.05, 0.1) is 16.8 Å². The lowest BCUT2D eigenvalue weighted by molar-refractivity contribution is -0.167. The van der Waals surface area contributed by atoms with E-state index in [1.165, 1.54) is 35.6 Å². The first-order valence-corrected chi connectivity index (χ1v) is 8.32. The minimum Gasteiger partial charge on any atom is -0.289 e. The summed E-state index contributed by atoms with van der Waals surface area (Å²) < 4.78 is 92.6. The number of carbonyl (C=O) groups is 2. The Balaban J connectivity index is 2.21. The van der Waals surface area contributed by atoms with Gasteiger partial charge in [0.2, 0.25) is 5.95 Å². The first kappa shape index (κ1) is 22.0. The molecule has 0 atom stereocenters. The van der Waals surface area contributed by atoms with E-state index in [2.05, 4.69) is 4.98 Å². The van der Waals surface area contributed by atoms with Crippen LogP contribution in [0.4, 0.5) is 36.7 Å². The molecule has 3 rings (SSSR count). The number of anilines is 1. The van der Waals surface area contributed by atoms with Gasteiger partial charge in [-0.05, 0) is 12.1 Å². The first-order chi connectivity index (χ1) is 14.4. The third-order valence-electron chi connectivity index (χ3n) is 4.04. The van der Waals surface area contributed by atoms with Crippen molar-refractivity contribution in [2.45, 2.75) is 12.4 Å². The number of hydrogen-bond acceptors (Lipinski definition) is 3. The molecule has 5 nitrogen and oxygen atoms in total. The number of ketones is 1. The van der Waals surface area contributed by atoms with Crippen molar-refractivity contribution in [3.63, 3.8) is 0 Å². The van der Waals surface area contributed by atoms with E-state index in [0.717, 1.165) is 12.4 Å². The molecule has 1 heterocycles. The second-order valence-corrected chi connectivity index (χ2v) is 6.12. The zero-order valence-corrected chi connectivity index (χ0v) is 15.1. The molecular formula is C19H10F7N3O2. The summed E-state index contributed by atoms with van der Waals surface area (Å²) in [5, 5.41) is 1.39. The van der Waals surface area contributed by atoms with Crippen molar-refractivity contribution in [3.8, 4) is 5.69 Å². The molecule has 0 aliphatic rings. The Bertz CT molecular complexity index is 1140. The highest BCUT2D eigenvalue weighted by molar-refractivity contribution is 6.11. The topological polar surface area (TPSA) is 64.0 Å². The molecule has 0 saturated heterocycles. The smallest absolute Gasteiger partial charge is 0.289 e. The molecule has 0 aliphatic carbocycles. The van der Waals surface area contributed by atoms with Crippen LogP contribution in [0, 0.1) is 5.82 Å². The van der Waals surface area contributed by atoms with E-state index in [1.807, 2.05) is 0 Å². The summed E-state index contributed by atoms with van der Waals surface area (Å²) in [6, 6.07) is 7.38. The van der Waals surface area contributed by atoms with Crippen molar-refractivity contribution in [2.24, 2.45) is 0 Å². The third kappa shape index (κ3) is 4.57. The Morgan fingerprint density at radius 1 is 0.968 bits per heavy atom. The summed E-state index contributed by atoms with van der Waals surface area (Å²) in [4.78, 5) is 27.5. The lowest BCUT2D eigenvalue weighted by Gasteiger charge is -2.17. The average Bonchev–Trinajstić information content (AvgIpc) is 3.13. The van der Waals surface area contributed by atoms with Crippen molar-refractivity contribution >= 4 is 17.6 Å². The number of aromatic nitrogens is 2. The number of nitrogens with zero attached hydrogens (tertiary/aromatic N) is 2. The summed E-state index contributed by atoms with van der Waals surface area (Å²) in [7, 11) is 0. The minimum atomic E-state index is -5.31. The quantitative estimate of drug-likeness (QED) is 0.465. The van der Waals surface area contributed by atoms with Gasteiger partial charge < -0.3 is 0 Å². The minimum absolute atomic E-state index is 0.0897. The number of imidazole rings is 1. The Hall–Kier alpha value is -3.70. The van der Waals surface area contributed by atoms with Crippen LogP contribution in [0.3, 0.4) is 0 Å². The number of benzene rings is 2. The molecule has 0 radical (unpaired) electrons. The molecular weight excluding hydrogens is 435 g/mol. The van der Waals surface area contributed by atoms with Crippen LogP contribution >= 0.6 is 0 Å². The summed E-state index contributed by atoms with van der Waals surface area (Å²) in [6.45, 7) is 0. The largest absolute Gasteiger partial charge is 0.471 e. The number of rotatable bonds is 4. The van der Waals surface area contributed by atoms with E-state index >= 15 is 0 Å². The van der Waals surface area contributed by atoms with Gasteiger partial charge in [-0.15, -0.1) is 0 Å². The van der Waals surface area contributed by atoms with E-state index in [4.69, 9.17) is 0 Å². The lowest BCUT2D eigenvalue weighted by Crippen LogP contribution is -2.31. The number of alkyl halides is 6. The van der Waals surface area contributed by atoms with Gasteiger partial charge in [-0.3, -0.25) is 19.5 Å². The van der Waals surface area contributed by atoms with E-state index in [0.29, 0.717) is 10.6 Å². The maximum atomic E-state index is 14.8. The van der Waals surface area contributed by atoms with Crippen molar-refractivity contribution in [1.82, 2.24) is 9.55 Å². The fourth-order valence-corrected chi connectivity index (χ4v) is 2.67. The fourth-order valence-electron chi connectivity index (χ4n) is 2.67. The highest BCUT2D eigenvalue weighted by Gasteiger charge is 2.40. The van der Waals surface area contributed by atoms with E-state index in [-0.39, 0.29) is 11.6 Å². The number of hydrogen-bond donors (Lipinski definition) is 1. The SMILES string of the molecule is O=C(c1ccccc1)c1cc(C(F)(F)F)cc(F)c1-n1ccnc1NC(=O)C(F)(F)F. The first-order valence-electron chi connectivity index (χ1n) is 8.32. The van der Waals surface area contributed by atoms with Gasteiger partial charge in [0.1, 0.15) is 5.82 Å². The van der Waals surface area contributed by atoms with Gasteiger partial charge in [-0.2, -0.15) is 26.3 Å². The van der Waals surface area contributed by atoms with Crippen molar-refractivity contribution in [1.29, 1.82) is 0 Å². The molecule has 1 amide bonds. The number of halogens is 7. The highest BCUT2D eigenvalue weighted by Crippen LogP contribution is 2.35. The maximum Gasteiger partial charge on any atom is 0.471 e. The fraction of sp³-hybridized carbons (Fsp3) is 0.105. The Morgan fingerprint density at radius 3 is 2.19 bits per heavy atom. The monoisotopic (exact) mass is 445 g/mol. The second kappa shape index (κ2) is 7.85. The predicted octanol–water partition coefficient (Wildman–Crippen LogP) is 4.76. The van der Waals surface area contributed by atoms with Gasteiger partial charge in [0.25, 0.3) is 0 Å². The van der Waals surface area contributed by atoms with Crippen LogP contribution in [0.5, 0.6) is 0 Å². The summed E-state index contributed by atoms with van der Waals surface area (Å²) in [5.41, 5.74) is -3.17. The molecule has 1 N–H and O–H groups in total. The molecule has 0 spiro atoms. The second-order valence-electron chi connectivity index (χ2n) is 6.12. The van der Waals surface area contributed by atoms with Crippen LogP contribution in [0.1, 0.15) is 21.5 Å². The highest BCUT2D eigenvalue weighted by atomic mass is 19.4. The number of carbonyl (C=O) groups excluding carboxylic acids is 2. The molecule has 0 aliphatic heterocycles. The molecule has 0 bridgehead atoms. The molecule has 3 aromatic rings. The number of amides is 1. The Morgan fingerprint density at radius 2 is 1.61 bits per heavy atom. The van der Waals surface area contributed by atoms with E-state index in [1.54, 1.807) is 0 Å². The van der Waals surface area contributed by atoms with Crippen LogP contribution in [0.2, 0.25) is 0 Å². The average molecular weight is 445 g/mol. The predicted molar refractivity (Wildman–Crippen MR) is 93.1 cm³/mol. The Kier molecular flexibility index (Phi) is 5.57. The van der Waals surface area contributed by atoms with Gasteiger partial charge >= 0.3 is 18.3 Å². The molecule has 2 aromatic carbocycles. The van der Waals surface area contributed by atoms with Crippen LogP contribution in [0.15, 0.2) is 54.9 Å². The molecule has 12 heteroatoms. The van der Waals surface area contributed by atoms with E-state index < -0.39 is 52.6 Å². The lowest BCUT2D eigenvalue weighted by atomic mass is 9.98. The van der Waals surface area contributed by atoms with Crippen LogP contribution < -0.4 is 5.32 Å².